The third kappa shape index (κ3) is 3.34. The zero-order chi connectivity index (χ0) is 11.4. The molecule has 0 fully saturated rings. The van der Waals surface area contributed by atoms with Crippen molar-refractivity contribution in [1.82, 2.24) is 5.32 Å². The topological polar surface area (TPSA) is 12.0 Å². The summed E-state index contributed by atoms with van der Waals surface area (Å²) in [4.78, 5) is 1.33. The van der Waals surface area contributed by atoms with Crippen molar-refractivity contribution in [2.24, 2.45) is 5.92 Å². The van der Waals surface area contributed by atoms with Crippen molar-refractivity contribution in [3.63, 3.8) is 0 Å². The molecule has 1 nitrogen and oxygen atoms in total. The van der Waals surface area contributed by atoms with Crippen LogP contribution in [0, 0.1) is 5.92 Å². The summed E-state index contributed by atoms with van der Waals surface area (Å²) in [5.74, 6) is 0.808. The van der Waals surface area contributed by atoms with Gasteiger partial charge in [0, 0.05) is 10.9 Å². The number of rotatable bonds is 4. The normalized spacial score (nSPS) is 22.2. The molecule has 1 heterocycles. The number of thiophene rings is 1. The fraction of sp³-hybridized carbons (Fsp3) is 0.538. The summed E-state index contributed by atoms with van der Waals surface area (Å²) in [7, 11) is 0. The van der Waals surface area contributed by atoms with E-state index in [1.165, 1.54) is 24.1 Å². The molecule has 0 spiro atoms. The van der Waals surface area contributed by atoms with Crippen molar-refractivity contribution in [1.29, 1.82) is 0 Å². The molecule has 88 valence electrons. The van der Waals surface area contributed by atoms with Crippen molar-refractivity contribution < 1.29 is 0 Å². The van der Waals surface area contributed by atoms with Gasteiger partial charge < -0.3 is 5.32 Å². The van der Waals surface area contributed by atoms with Gasteiger partial charge in [-0.15, -0.1) is 11.3 Å². The molecule has 16 heavy (non-hydrogen) atoms. The number of halogens is 1. The lowest BCUT2D eigenvalue weighted by molar-refractivity contribution is 0.417. The average Bonchev–Trinajstić information content (AvgIpc) is 2.74. The van der Waals surface area contributed by atoms with E-state index in [0.717, 1.165) is 16.8 Å². The van der Waals surface area contributed by atoms with Crippen LogP contribution >= 0.6 is 22.9 Å². The molecule has 1 aliphatic rings. The lowest BCUT2D eigenvalue weighted by Gasteiger charge is -2.20. The Morgan fingerprint density at radius 2 is 2.38 bits per heavy atom. The van der Waals surface area contributed by atoms with Crippen molar-refractivity contribution in [3.8, 4) is 0 Å². The Hall–Kier alpha value is -0.310. The van der Waals surface area contributed by atoms with Gasteiger partial charge in [0.15, 0.2) is 0 Å². The highest BCUT2D eigenvalue weighted by atomic mass is 35.5. The molecule has 1 aromatic rings. The Bertz CT molecular complexity index is 359. The quantitative estimate of drug-likeness (QED) is 0.786. The maximum absolute atomic E-state index is 5.93. The van der Waals surface area contributed by atoms with Gasteiger partial charge in [-0.1, -0.05) is 23.8 Å². The lowest BCUT2D eigenvalue weighted by Crippen LogP contribution is -2.25. The summed E-state index contributed by atoms with van der Waals surface area (Å²) >= 11 is 7.61. The number of allylic oxidation sites excluding steroid dienone is 2. The van der Waals surface area contributed by atoms with Crippen LogP contribution in [0.2, 0.25) is 4.34 Å². The summed E-state index contributed by atoms with van der Waals surface area (Å²) in [5, 5.41) is 3.60. The van der Waals surface area contributed by atoms with Crippen molar-refractivity contribution in [3.05, 3.63) is 33.5 Å². The number of hydrogen-bond acceptors (Lipinski definition) is 2. The van der Waals surface area contributed by atoms with E-state index in [0.29, 0.717) is 6.04 Å². The smallest absolute Gasteiger partial charge is 0.0931 e. The highest BCUT2D eigenvalue weighted by Gasteiger charge is 2.12. The van der Waals surface area contributed by atoms with Gasteiger partial charge in [-0.3, -0.25) is 0 Å². The van der Waals surface area contributed by atoms with Crippen LogP contribution in [0.5, 0.6) is 0 Å². The number of nitrogens with one attached hydrogen (secondary N) is 1. The van der Waals surface area contributed by atoms with Crippen LogP contribution in [0.1, 0.15) is 37.1 Å². The summed E-state index contributed by atoms with van der Waals surface area (Å²) in [6.45, 7) is 3.32. The monoisotopic (exact) mass is 255 g/mol. The zero-order valence-electron chi connectivity index (χ0n) is 9.58. The highest BCUT2D eigenvalue weighted by Crippen LogP contribution is 2.27. The zero-order valence-corrected chi connectivity index (χ0v) is 11.2. The van der Waals surface area contributed by atoms with Gasteiger partial charge in [0.05, 0.1) is 4.34 Å². The molecule has 1 aliphatic carbocycles. The van der Waals surface area contributed by atoms with E-state index in [4.69, 9.17) is 11.6 Å². The minimum atomic E-state index is 0.420. The molecule has 2 unspecified atom stereocenters. The molecule has 1 aromatic heterocycles. The summed E-state index contributed by atoms with van der Waals surface area (Å²) in [6.07, 6.45) is 8.39. The Labute approximate surface area is 107 Å². The van der Waals surface area contributed by atoms with E-state index < -0.39 is 0 Å². The Balaban J connectivity index is 1.79. The van der Waals surface area contributed by atoms with Crippen LogP contribution in [-0.2, 0) is 0 Å². The van der Waals surface area contributed by atoms with Crippen LogP contribution in [-0.4, -0.2) is 6.54 Å². The van der Waals surface area contributed by atoms with Crippen LogP contribution in [0.25, 0.3) is 0 Å². The molecule has 0 bridgehead atoms. The fourth-order valence-electron chi connectivity index (χ4n) is 2.05. The maximum atomic E-state index is 5.93. The Morgan fingerprint density at radius 1 is 1.50 bits per heavy atom. The van der Waals surface area contributed by atoms with E-state index >= 15 is 0 Å². The standard InChI is InChI=1S/C13H18ClNS/c1-10(12-7-8-13(14)16-12)15-9-11-5-3-2-4-6-11/h2-3,7-8,10-11,15H,4-6,9H2,1H3. The molecule has 0 aromatic carbocycles. The van der Waals surface area contributed by atoms with Gasteiger partial charge in [-0.2, -0.15) is 0 Å². The highest BCUT2D eigenvalue weighted by molar-refractivity contribution is 7.16. The van der Waals surface area contributed by atoms with Gasteiger partial charge in [0.25, 0.3) is 0 Å². The third-order valence-electron chi connectivity index (χ3n) is 3.11. The van der Waals surface area contributed by atoms with E-state index in [9.17, 15) is 0 Å². The van der Waals surface area contributed by atoms with Gasteiger partial charge in [0.1, 0.15) is 0 Å². The molecule has 1 N–H and O–H groups in total. The Morgan fingerprint density at radius 3 is 3.00 bits per heavy atom. The van der Waals surface area contributed by atoms with Crippen LogP contribution in [0.4, 0.5) is 0 Å². The van der Waals surface area contributed by atoms with Gasteiger partial charge in [-0.25, -0.2) is 0 Å². The second-order valence-corrected chi connectivity index (χ2v) is 6.17. The second-order valence-electron chi connectivity index (χ2n) is 4.42. The minimum Gasteiger partial charge on any atom is -0.309 e. The predicted octanol–water partition coefficient (Wildman–Crippen LogP) is 4.41. The van der Waals surface area contributed by atoms with Crippen molar-refractivity contribution in [2.75, 3.05) is 6.54 Å². The van der Waals surface area contributed by atoms with Gasteiger partial charge in [-0.05, 0) is 50.8 Å². The third-order valence-corrected chi connectivity index (χ3v) is 4.53. The lowest BCUT2D eigenvalue weighted by atomic mass is 9.94. The number of hydrogen-bond donors (Lipinski definition) is 1. The first kappa shape index (κ1) is 12.2. The average molecular weight is 256 g/mol. The molecule has 0 saturated carbocycles. The summed E-state index contributed by atoms with van der Waals surface area (Å²) in [6, 6.07) is 4.51. The van der Waals surface area contributed by atoms with E-state index in [1.54, 1.807) is 11.3 Å². The molecule has 0 radical (unpaired) electrons. The molecular weight excluding hydrogens is 238 g/mol. The maximum Gasteiger partial charge on any atom is 0.0931 e. The Kier molecular flexibility index (Phi) is 4.45. The molecular formula is C13H18ClNS. The minimum absolute atomic E-state index is 0.420. The molecule has 0 aliphatic heterocycles. The summed E-state index contributed by atoms with van der Waals surface area (Å²) in [5.41, 5.74) is 0. The SMILES string of the molecule is CC(NCC1CC=CCC1)c1ccc(Cl)s1. The first-order valence-electron chi connectivity index (χ1n) is 5.89. The molecule has 0 amide bonds. The molecule has 2 atom stereocenters. The molecule has 0 saturated heterocycles. The van der Waals surface area contributed by atoms with Gasteiger partial charge >= 0.3 is 0 Å². The second kappa shape index (κ2) is 5.85. The van der Waals surface area contributed by atoms with Crippen molar-refractivity contribution in [2.45, 2.75) is 32.2 Å². The summed E-state index contributed by atoms with van der Waals surface area (Å²) < 4.78 is 0.879. The van der Waals surface area contributed by atoms with Crippen LogP contribution in [0.3, 0.4) is 0 Å². The molecule has 3 heteroatoms. The van der Waals surface area contributed by atoms with Crippen LogP contribution in [0.15, 0.2) is 24.3 Å². The fourth-order valence-corrected chi connectivity index (χ4v) is 3.13. The van der Waals surface area contributed by atoms with E-state index in [2.05, 4.69) is 30.5 Å². The first-order valence-corrected chi connectivity index (χ1v) is 7.09. The van der Waals surface area contributed by atoms with Crippen molar-refractivity contribution >= 4 is 22.9 Å². The molecule has 2 rings (SSSR count). The van der Waals surface area contributed by atoms with E-state index in [1.807, 2.05) is 6.07 Å². The van der Waals surface area contributed by atoms with Gasteiger partial charge in [0.2, 0.25) is 0 Å². The largest absolute Gasteiger partial charge is 0.309 e. The predicted molar refractivity (Wildman–Crippen MR) is 72.2 cm³/mol. The van der Waals surface area contributed by atoms with Crippen LogP contribution < -0.4 is 5.32 Å². The van der Waals surface area contributed by atoms with E-state index in [-0.39, 0.29) is 0 Å². The first-order chi connectivity index (χ1) is 7.75.